The van der Waals surface area contributed by atoms with Crippen molar-refractivity contribution in [2.24, 2.45) is 0 Å². The summed E-state index contributed by atoms with van der Waals surface area (Å²) < 4.78 is 25.8. The minimum absolute atomic E-state index is 0. The van der Waals surface area contributed by atoms with E-state index in [4.69, 9.17) is 0 Å². The van der Waals surface area contributed by atoms with E-state index in [1.54, 1.807) is 0 Å². The highest BCUT2D eigenvalue weighted by molar-refractivity contribution is 8.00. The molecular weight excluding hydrogens is 306 g/mol. The monoisotopic (exact) mass is 322 g/mol. The van der Waals surface area contributed by atoms with E-state index < -0.39 is 11.6 Å². The van der Waals surface area contributed by atoms with E-state index >= 15 is 0 Å². The van der Waals surface area contributed by atoms with Crippen molar-refractivity contribution in [2.75, 3.05) is 31.9 Å². The van der Waals surface area contributed by atoms with Gasteiger partial charge in [-0.25, -0.2) is 8.78 Å². The van der Waals surface area contributed by atoms with Crippen LogP contribution in [0.3, 0.4) is 0 Å². The van der Waals surface area contributed by atoms with Gasteiger partial charge in [0.15, 0.2) is 11.6 Å². The molecule has 0 saturated carbocycles. The fourth-order valence-electron chi connectivity index (χ4n) is 1.90. The van der Waals surface area contributed by atoms with Crippen molar-refractivity contribution < 1.29 is 13.6 Å². The molecule has 0 bridgehead atoms. The maximum absolute atomic E-state index is 13.0. The predicted octanol–water partition coefficient (Wildman–Crippen LogP) is 2.30. The van der Waals surface area contributed by atoms with Crippen molar-refractivity contribution in [2.45, 2.75) is 11.3 Å². The molecule has 0 aromatic heterocycles. The fraction of sp³-hybridized carbons (Fsp3) is 0.462. The van der Waals surface area contributed by atoms with Gasteiger partial charge in [-0.2, -0.15) is 0 Å². The summed E-state index contributed by atoms with van der Waals surface area (Å²) in [5, 5.41) is 3.23. The van der Waals surface area contributed by atoms with Crippen molar-refractivity contribution in [1.82, 2.24) is 10.2 Å². The Labute approximate surface area is 127 Å². The van der Waals surface area contributed by atoms with Crippen molar-refractivity contribution in [1.29, 1.82) is 0 Å². The van der Waals surface area contributed by atoms with Gasteiger partial charge in [0.25, 0.3) is 0 Å². The first-order chi connectivity index (χ1) is 9.16. The van der Waals surface area contributed by atoms with E-state index in [2.05, 4.69) is 5.32 Å². The Bertz CT molecular complexity index is 454. The van der Waals surface area contributed by atoms with E-state index in [1.165, 1.54) is 17.8 Å². The van der Waals surface area contributed by atoms with Gasteiger partial charge in [0.05, 0.1) is 5.75 Å². The number of carbonyl (C=O) groups is 1. The van der Waals surface area contributed by atoms with Gasteiger partial charge in [-0.15, -0.1) is 24.2 Å². The Kier molecular flexibility index (Phi) is 7.26. The van der Waals surface area contributed by atoms with E-state index in [9.17, 15) is 13.6 Å². The van der Waals surface area contributed by atoms with Gasteiger partial charge in [-0.1, -0.05) is 0 Å². The summed E-state index contributed by atoms with van der Waals surface area (Å²) in [5.41, 5.74) is 0. The Morgan fingerprint density at radius 2 is 2.05 bits per heavy atom. The standard InChI is InChI=1S/C13H16F2N2OS.ClH/c14-11-3-2-10(8-12(11)15)19-9-13(18)17-6-1-4-16-5-7-17;/h2-3,8,16H,1,4-7,9H2;1H. The largest absolute Gasteiger partial charge is 0.341 e. The number of benzene rings is 1. The molecular formula is C13H17ClF2N2OS. The molecule has 2 rings (SSSR count). The van der Waals surface area contributed by atoms with Crippen LogP contribution in [0.15, 0.2) is 23.1 Å². The second-order valence-corrected chi connectivity index (χ2v) is 5.40. The highest BCUT2D eigenvalue weighted by Gasteiger charge is 2.15. The number of hydrogen-bond donors (Lipinski definition) is 1. The van der Waals surface area contributed by atoms with Gasteiger partial charge in [0.2, 0.25) is 5.91 Å². The zero-order chi connectivity index (χ0) is 13.7. The van der Waals surface area contributed by atoms with Gasteiger partial charge < -0.3 is 10.2 Å². The average Bonchev–Trinajstić information content (AvgIpc) is 2.69. The van der Waals surface area contributed by atoms with Gasteiger partial charge >= 0.3 is 0 Å². The highest BCUT2D eigenvalue weighted by atomic mass is 35.5. The van der Waals surface area contributed by atoms with Crippen molar-refractivity contribution in [3.05, 3.63) is 29.8 Å². The first-order valence-electron chi connectivity index (χ1n) is 6.23. The van der Waals surface area contributed by atoms with Gasteiger partial charge in [0, 0.05) is 24.5 Å². The molecule has 3 nitrogen and oxygen atoms in total. The Balaban J connectivity index is 0.00000200. The Morgan fingerprint density at radius 1 is 1.25 bits per heavy atom. The molecule has 0 radical (unpaired) electrons. The van der Waals surface area contributed by atoms with Crippen LogP contribution in [0.5, 0.6) is 0 Å². The van der Waals surface area contributed by atoms with Crippen LogP contribution < -0.4 is 5.32 Å². The van der Waals surface area contributed by atoms with Crippen LogP contribution in [-0.4, -0.2) is 42.7 Å². The molecule has 20 heavy (non-hydrogen) atoms. The van der Waals surface area contributed by atoms with Crippen LogP contribution in [0, 0.1) is 11.6 Å². The molecule has 1 aliphatic rings. The topological polar surface area (TPSA) is 32.3 Å². The molecule has 1 aromatic carbocycles. The molecule has 1 aromatic rings. The second-order valence-electron chi connectivity index (χ2n) is 4.35. The summed E-state index contributed by atoms with van der Waals surface area (Å²) in [7, 11) is 0. The Hall–Kier alpha value is -0.850. The highest BCUT2D eigenvalue weighted by Crippen LogP contribution is 2.20. The van der Waals surface area contributed by atoms with Gasteiger partial charge in [-0.05, 0) is 31.2 Å². The van der Waals surface area contributed by atoms with Crippen LogP contribution in [0.2, 0.25) is 0 Å². The molecule has 112 valence electrons. The fourth-order valence-corrected chi connectivity index (χ4v) is 2.72. The van der Waals surface area contributed by atoms with Gasteiger partial charge in [0.1, 0.15) is 0 Å². The SMILES string of the molecule is Cl.O=C(CSc1ccc(F)c(F)c1)N1CCCNCC1. The number of thioether (sulfide) groups is 1. The minimum Gasteiger partial charge on any atom is -0.341 e. The minimum atomic E-state index is -0.878. The number of nitrogens with one attached hydrogen (secondary N) is 1. The third-order valence-electron chi connectivity index (χ3n) is 2.95. The normalized spacial score (nSPS) is 15.4. The number of halogens is 3. The summed E-state index contributed by atoms with van der Waals surface area (Å²) in [6, 6.07) is 3.69. The molecule has 0 aliphatic carbocycles. The van der Waals surface area contributed by atoms with E-state index in [1.807, 2.05) is 4.90 Å². The smallest absolute Gasteiger partial charge is 0.232 e. The summed E-state index contributed by atoms with van der Waals surface area (Å²) in [6.45, 7) is 3.20. The molecule has 1 N–H and O–H groups in total. The third-order valence-corrected chi connectivity index (χ3v) is 3.92. The predicted molar refractivity (Wildman–Crippen MR) is 78.4 cm³/mol. The van der Waals surface area contributed by atoms with Crippen LogP contribution in [-0.2, 0) is 4.79 Å². The summed E-state index contributed by atoms with van der Waals surface area (Å²) in [6.07, 6.45) is 0.946. The first-order valence-corrected chi connectivity index (χ1v) is 7.22. The van der Waals surface area contributed by atoms with E-state index in [-0.39, 0.29) is 24.1 Å². The lowest BCUT2D eigenvalue weighted by atomic mass is 10.3. The molecule has 1 heterocycles. The third kappa shape index (κ3) is 4.92. The molecule has 0 atom stereocenters. The van der Waals surface area contributed by atoms with Crippen molar-refractivity contribution >= 4 is 30.1 Å². The zero-order valence-electron chi connectivity index (χ0n) is 10.9. The molecule has 1 aliphatic heterocycles. The molecule has 0 spiro atoms. The quantitative estimate of drug-likeness (QED) is 0.867. The van der Waals surface area contributed by atoms with Gasteiger partial charge in [-0.3, -0.25) is 4.79 Å². The summed E-state index contributed by atoms with van der Waals surface area (Å²) in [5.74, 6) is -1.45. The van der Waals surface area contributed by atoms with E-state index in [0.29, 0.717) is 11.4 Å². The maximum atomic E-state index is 13.0. The molecule has 1 amide bonds. The molecule has 1 saturated heterocycles. The average molecular weight is 323 g/mol. The number of carbonyl (C=O) groups excluding carboxylic acids is 1. The van der Waals surface area contributed by atoms with Crippen molar-refractivity contribution in [3.8, 4) is 0 Å². The summed E-state index contributed by atoms with van der Waals surface area (Å²) in [4.78, 5) is 14.4. The van der Waals surface area contributed by atoms with Crippen LogP contribution in [0.25, 0.3) is 0 Å². The zero-order valence-corrected chi connectivity index (χ0v) is 12.5. The molecule has 1 fully saturated rings. The Morgan fingerprint density at radius 3 is 2.80 bits per heavy atom. The second kappa shape index (κ2) is 8.44. The van der Waals surface area contributed by atoms with Crippen LogP contribution in [0.4, 0.5) is 8.78 Å². The lowest BCUT2D eigenvalue weighted by Gasteiger charge is -2.19. The molecule has 0 unspecified atom stereocenters. The number of nitrogens with zero attached hydrogens (tertiary/aromatic N) is 1. The summed E-state index contributed by atoms with van der Waals surface area (Å²) >= 11 is 1.23. The number of amides is 1. The van der Waals surface area contributed by atoms with E-state index in [0.717, 1.165) is 38.2 Å². The first kappa shape index (κ1) is 17.2. The number of rotatable bonds is 3. The lowest BCUT2D eigenvalue weighted by Crippen LogP contribution is -2.35. The lowest BCUT2D eigenvalue weighted by molar-refractivity contribution is -0.128. The number of hydrogen-bond acceptors (Lipinski definition) is 3. The molecule has 7 heteroatoms. The van der Waals surface area contributed by atoms with Crippen LogP contribution in [0.1, 0.15) is 6.42 Å². The maximum Gasteiger partial charge on any atom is 0.232 e. The van der Waals surface area contributed by atoms with Crippen molar-refractivity contribution in [3.63, 3.8) is 0 Å². The van der Waals surface area contributed by atoms with Crippen LogP contribution >= 0.6 is 24.2 Å².